The van der Waals surface area contributed by atoms with Crippen molar-refractivity contribution in [2.24, 2.45) is 5.73 Å². The molecule has 112 valence electrons. The Kier molecular flexibility index (Phi) is 5.32. The fourth-order valence-corrected chi connectivity index (χ4v) is 5.48. The van der Waals surface area contributed by atoms with Crippen LogP contribution in [-0.4, -0.2) is 13.4 Å². The summed E-state index contributed by atoms with van der Waals surface area (Å²) >= 11 is 18.3. The molecule has 0 aliphatic carbocycles. The number of thiocarbonyl (C=S) groups is 1. The van der Waals surface area contributed by atoms with Gasteiger partial charge >= 0.3 is 0 Å². The number of anilines is 1. The van der Waals surface area contributed by atoms with E-state index in [0.717, 1.165) is 11.3 Å². The van der Waals surface area contributed by atoms with Crippen LogP contribution in [0.15, 0.2) is 36.7 Å². The van der Waals surface area contributed by atoms with Gasteiger partial charge in [-0.2, -0.15) is 0 Å². The topological polar surface area (TPSA) is 72.2 Å². The Labute approximate surface area is 153 Å². The molecule has 21 heavy (non-hydrogen) atoms. The van der Waals surface area contributed by atoms with E-state index in [1.807, 2.05) is 0 Å². The molecule has 0 radical (unpaired) electrons. The first-order valence-corrected chi connectivity index (χ1v) is 9.95. The third-order valence-corrected chi connectivity index (χ3v) is 7.41. The van der Waals surface area contributed by atoms with Crippen molar-refractivity contribution in [2.75, 3.05) is 4.72 Å². The number of sulfonamides is 1. The molecule has 0 saturated carbocycles. The highest BCUT2D eigenvalue weighted by Gasteiger charge is 2.21. The molecule has 0 unspecified atom stereocenters. The minimum atomic E-state index is -3.77. The molecule has 0 bridgehead atoms. The summed E-state index contributed by atoms with van der Waals surface area (Å²) in [6, 6.07) is 6.33. The van der Waals surface area contributed by atoms with Crippen LogP contribution in [0.1, 0.15) is 5.56 Å². The molecule has 0 aliphatic heterocycles. The third kappa shape index (κ3) is 3.96. The Hall–Kier alpha value is -0.190. The van der Waals surface area contributed by atoms with E-state index in [4.69, 9.17) is 29.6 Å². The van der Waals surface area contributed by atoms with Crippen molar-refractivity contribution >= 4 is 87.7 Å². The molecule has 10 heteroatoms. The van der Waals surface area contributed by atoms with Gasteiger partial charge in [-0.1, -0.05) is 39.7 Å². The summed E-state index contributed by atoms with van der Waals surface area (Å²) in [5.41, 5.74) is 6.35. The lowest BCUT2D eigenvalue weighted by Crippen LogP contribution is -2.17. The Morgan fingerprint density at radius 3 is 2.52 bits per heavy atom. The summed E-state index contributed by atoms with van der Waals surface area (Å²) in [7, 11) is -3.77. The summed E-state index contributed by atoms with van der Waals surface area (Å²) in [6.45, 7) is 0. The van der Waals surface area contributed by atoms with Crippen LogP contribution >= 0.6 is 67.0 Å². The van der Waals surface area contributed by atoms with Gasteiger partial charge in [0.15, 0.2) is 0 Å². The lowest BCUT2D eigenvalue weighted by atomic mass is 10.2. The monoisotopic (exact) mass is 488 g/mol. The number of hydrogen-bond acceptors (Lipinski definition) is 4. The molecule has 2 rings (SSSR count). The van der Waals surface area contributed by atoms with Gasteiger partial charge in [-0.25, -0.2) is 8.42 Å². The summed E-state index contributed by atoms with van der Waals surface area (Å²) in [5.74, 6) is 0. The molecule has 1 aromatic carbocycles. The van der Waals surface area contributed by atoms with E-state index in [-0.39, 0.29) is 9.20 Å². The highest BCUT2D eigenvalue weighted by atomic mass is 79.9. The first kappa shape index (κ1) is 17.2. The summed E-state index contributed by atoms with van der Waals surface area (Å²) in [6.07, 6.45) is 0. The average molecular weight is 491 g/mol. The smallest absolute Gasteiger partial charge is 0.271 e. The van der Waals surface area contributed by atoms with Crippen molar-refractivity contribution < 1.29 is 8.42 Å². The molecule has 2 aromatic rings. The molecule has 0 saturated heterocycles. The van der Waals surface area contributed by atoms with Gasteiger partial charge in [0.2, 0.25) is 0 Å². The first-order chi connectivity index (χ1) is 9.70. The predicted octanol–water partition coefficient (Wildman–Crippen LogP) is 4.36. The number of benzene rings is 1. The van der Waals surface area contributed by atoms with Gasteiger partial charge in [0, 0.05) is 10.0 Å². The summed E-state index contributed by atoms with van der Waals surface area (Å²) in [4.78, 5) is 0.102. The van der Waals surface area contributed by atoms with E-state index in [1.165, 1.54) is 6.07 Å². The molecule has 4 nitrogen and oxygen atoms in total. The minimum Gasteiger partial charge on any atom is -0.389 e. The zero-order valence-corrected chi connectivity index (χ0v) is 16.4. The SMILES string of the molecule is NC(=S)c1ccc(Br)cc1NS(=O)(=O)c1cc(Cl)c(Br)s1. The number of thiophene rings is 1. The van der Waals surface area contributed by atoms with Crippen LogP contribution in [0.2, 0.25) is 5.02 Å². The van der Waals surface area contributed by atoms with Crippen LogP contribution in [-0.2, 0) is 10.0 Å². The number of nitrogens with two attached hydrogens (primary N) is 1. The number of halogens is 3. The second kappa shape index (κ2) is 6.51. The maximum Gasteiger partial charge on any atom is 0.271 e. The highest BCUT2D eigenvalue weighted by Crippen LogP contribution is 2.35. The quantitative estimate of drug-likeness (QED) is 0.625. The van der Waals surface area contributed by atoms with Crippen molar-refractivity contribution in [1.82, 2.24) is 0 Å². The van der Waals surface area contributed by atoms with Gasteiger partial charge in [0.1, 0.15) is 9.20 Å². The molecule has 0 aliphatic rings. The van der Waals surface area contributed by atoms with E-state index in [9.17, 15) is 8.42 Å². The molecule has 0 fully saturated rings. The third-order valence-electron chi connectivity index (χ3n) is 2.38. The van der Waals surface area contributed by atoms with Gasteiger partial charge < -0.3 is 5.73 Å². The largest absolute Gasteiger partial charge is 0.389 e. The molecule has 0 atom stereocenters. The van der Waals surface area contributed by atoms with E-state index in [1.54, 1.807) is 18.2 Å². The average Bonchev–Trinajstić information content (AvgIpc) is 2.69. The van der Waals surface area contributed by atoms with Crippen LogP contribution < -0.4 is 10.5 Å². The van der Waals surface area contributed by atoms with Crippen molar-refractivity contribution in [3.05, 3.63) is 43.1 Å². The Bertz CT molecular complexity index is 801. The van der Waals surface area contributed by atoms with Crippen LogP contribution in [0, 0.1) is 0 Å². The number of nitrogens with one attached hydrogen (secondary N) is 1. The van der Waals surface area contributed by atoms with E-state index in [2.05, 4.69) is 36.6 Å². The van der Waals surface area contributed by atoms with Crippen molar-refractivity contribution in [2.45, 2.75) is 4.21 Å². The van der Waals surface area contributed by atoms with E-state index in [0.29, 0.717) is 24.5 Å². The van der Waals surface area contributed by atoms with Gasteiger partial charge in [0.25, 0.3) is 10.0 Å². The lowest BCUT2D eigenvalue weighted by molar-refractivity contribution is 0.603. The van der Waals surface area contributed by atoms with Crippen LogP contribution in [0.25, 0.3) is 0 Å². The zero-order chi connectivity index (χ0) is 15.8. The van der Waals surface area contributed by atoms with Gasteiger partial charge in [-0.3, -0.25) is 4.72 Å². The summed E-state index contributed by atoms with van der Waals surface area (Å²) < 4.78 is 28.6. The van der Waals surface area contributed by atoms with Gasteiger partial charge in [-0.15, -0.1) is 11.3 Å². The minimum absolute atomic E-state index is 0.0910. The molecule has 0 spiro atoms. The summed E-state index contributed by atoms with van der Waals surface area (Å²) in [5, 5.41) is 0.337. The standard InChI is InChI=1S/C11H7Br2ClN2O2S3/c12-5-1-2-6(11(15)19)8(3-5)16-21(17,18)9-4-7(14)10(13)20-9/h1-4,16H,(H2,15,19). The van der Waals surface area contributed by atoms with Crippen molar-refractivity contribution in [1.29, 1.82) is 0 Å². The van der Waals surface area contributed by atoms with Crippen LogP contribution in [0.4, 0.5) is 5.69 Å². The Balaban J connectivity index is 2.45. The maximum absolute atomic E-state index is 12.4. The normalized spacial score (nSPS) is 11.4. The van der Waals surface area contributed by atoms with E-state index >= 15 is 0 Å². The first-order valence-electron chi connectivity index (χ1n) is 5.27. The second-order valence-corrected chi connectivity index (χ2v) is 9.89. The lowest BCUT2D eigenvalue weighted by Gasteiger charge is -2.11. The Morgan fingerprint density at radius 2 is 2.00 bits per heavy atom. The van der Waals surface area contributed by atoms with Crippen molar-refractivity contribution in [3.63, 3.8) is 0 Å². The molecular formula is C11H7Br2ClN2O2S3. The maximum atomic E-state index is 12.4. The molecule has 3 N–H and O–H groups in total. The van der Waals surface area contributed by atoms with Crippen LogP contribution in [0.5, 0.6) is 0 Å². The number of hydrogen-bond donors (Lipinski definition) is 2. The van der Waals surface area contributed by atoms with Gasteiger partial charge in [-0.05, 0) is 40.2 Å². The zero-order valence-electron chi connectivity index (χ0n) is 10.1. The molecule has 0 amide bonds. The van der Waals surface area contributed by atoms with Crippen molar-refractivity contribution in [3.8, 4) is 0 Å². The molecular weight excluding hydrogens is 484 g/mol. The van der Waals surface area contributed by atoms with E-state index < -0.39 is 10.0 Å². The van der Waals surface area contributed by atoms with Crippen LogP contribution in [0.3, 0.4) is 0 Å². The molecule has 1 aromatic heterocycles. The molecule has 1 heterocycles. The fraction of sp³-hybridized carbons (Fsp3) is 0. The second-order valence-electron chi connectivity index (χ2n) is 3.85. The Morgan fingerprint density at radius 1 is 1.33 bits per heavy atom. The highest BCUT2D eigenvalue weighted by molar-refractivity contribution is 9.11. The fourth-order valence-electron chi connectivity index (χ4n) is 1.47. The number of rotatable bonds is 4. The predicted molar refractivity (Wildman–Crippen MR) is 97.9 cm³/mol. The van der Waals surface area contributed by atoms with Gasteiger partial charge in [0.05, 0.1) is 14.5 Å².